The van der Waals surface area contributed by atoms with E-state index in [1.54, 1.807) is 18.2 Å². The zero-order valence-corrected chi connectivity index (χ0v) is 15.0. The Labute approximate surface area is 157 Å². The molecule has 1 aliphatic carbocycles. The van der Waals surface area contributed by atoms with Crippen molar-refractivity contribution in [1.29, 1.82) is 0 Å². The predicted octanol–water partition coefficient (Wildman–Crippen LogP) is 2.54. The SMILES string of the molecule is O=C(NCCc1ccccc1)C1(C(=O)Nc2ccc3c(c2)OCCO3)CC1. The van der Waals surface area contributed by atoms with E-state index in [0.29, 0.717) is 49.8 Å². The van der Waals surface area contributed by atoms with Crippen LogP contribution in [0.15, 0.2) is 48.5 Å². The average Bonchev–Trinajstić information content (AvgIpc) is 3.51. The molecule has 4 rings (SSSR count). The quantitative estimate of drug-likeness (QED) is 0.771. The van der Waals surface area contributed by atoms with E-state index in [4.69, 9.17) is 9.47 Å². The molecule has 0 aromatic heterocycles. The summed E-state index contributed by atoms with van der Waals surface area (Å²) in [7, 11) is 0. The van der Waals surface area contributed by atoms with Crippen LogP contribution in [0, 0.1) is 5.41 Å². The van der Waals surface area contributed by atoms with Crippen molar-refractivity contribution in [3.8, 4) is 11.5 Å². The van der Waals surface area contributed by atoms with Crippen LogP contribution in [-0.2, 0) is 16.0 Å². The topological polar surface area (TPSA) is 76.7 Å². The lowest BCUT2D eigenvalue weighted by molar-refractivity contribution is -0.134. The predicted molar refractivity (Wildman–Crippen MR) is 101 cm³/mol. The third-order valence-electron chi connectivity index (χ3n) is 4.96. The second-order valence-electron chi connectivity index (χ2n) is 6.89. The second-order valence-corrected chi connectivity index (χ2v) is 6.89. The highest BCUT2D eigenvalue weighted by Gasteiger charge is 2.56. The number of carbonyl (C=O) groups is 2. The van der Waals surface area contributed by atoms with Crippen LogP contribution in [0.5, 0.6) is 11.5 Å². The zero-order chi connectivity index (χ0) is 18.7. The molecule has 2 aromatic carbocycles. The summed E-state index contributed by atoms with van der Waals surface area (Å²) in [6.45, 7) is 1.52. The van der Waals surface area contributed by atoms with Crippen molar-refractivity contribution in [1.82, 2.24) is 5.32 Å². The Balaban J connectivity index is 1.34. The average molecular weight is 366 g/mol. The van der Waals surface area contributed by atoms with E-state index < -0.39 is 5.41 Å². The first-order valence-electron chi connectivity index (χ1n) is 9.21. The van der Waals surface area contributed by atoms with Gasteiger partial charge in [-0.05, 0) is 37.0 Å². The van der Waals surface area contributed by atoms with Gasteiger partial charge in [-0.2, -0.15) is 0 Å². The fourth-order valence-corrected chi connectivity index (χ4v) is 3.19. The van der Waals surface area contributed by atoms with E-state index in [0.717, 1.165) is 12.0 Å². The van der Waals surface area contributed by atoms with Gasteiger partial charge in [0.25, 0.3) is 0 Å². The molecule has 0 atom stereocenters. The summed E-state index contributed by atoms with van der Waals surface area (Å²) in [6, 6.07) is 15.2. The standard InChI is InChI=1S/C21H22N2O4/c24-19(22-11-8-15-4-2-1-3-5-15)21(9-10-21)20(25)23-16-6-7-17-18(14-16)27-13-12-26-17/h1-7,14H,8-13H2,(H,22,24)(H,23,25). The van der Waals surface area contributed by atoms with Gasteiger partial charge in [-0.1, -0.05) is 30.3 Å². The maximum Gasteiger partial charge on any atom is 0.240 e. The molecule has 0 radical (unpaired) electrons. The number of anilines is 1. The lowest BCUT2D eigenvalue weighted by Gasteiger charge is -2.20. The molecule has 140 valence electrons. The molecule has 2 aliphatic rings. The fraction of sp³-hybridized carbons (Fsp3) is 0.333. The molecule has 1 heterocycles. The Bertz CT molecular complexity index is 847. The van der Waals surface area contributed by atoms with E-state index in [2.05, 4.69) is 10.6 Å². The first-order valence-corrected chi connectivity index (χ1v) is 9.21. The van der Waals surface area contributed by atoms with Crippen LogP contribution in [0.4, 0.5) is 5.69 Å². The van der Waals surface area contributed by atoms with Gasteiger partial charge in [0, 0.05) is 18.3 Å². The van der Waals surface area contributed by atoms with E-state index in [1.165, 1.54) is 0 Å². The van der Waals surface area contributed by atoms with E-state index in [9.17, 15) is 9.59 Å². The van der Waals surface area contributed by atoms with Crippen LogP contribution in [-0.4, -0.2) is 31.6 Å². The maximum atomic E-state index is 12.7. The number of ether oxygens (including phenoxy) is 2. The van der Waals surface area contributed by atoms with Crippen molar-refractivity contribution in [2.45, 2.75) is 19.3 Å². The smallest absolute Gasteiger partial charge is 0.240 e. The number of amides is 2. The molecule has 0 saturated heterocycles. The van der Waals surface area contributed by atoms with E-state index >= 15 is 0 Å². The largest absolute Gasteiger partial charge is 0.486 e. The normalized spacial score (nSPS) is 16.3. The van der Waals surface area contributed by atoms with Crippen molar-refractivity contribution in [2.75, 3.05) is 25.1 Å². The highest BCUT2D eigenvalue weighted by Crippen LogP contribution is 2.47. The minimum Gasteiger partial charge on any atom is -0.486 e. The minimum absolute atomic E-state index is 0.200. The molecule has 0 unspecified atom stereocenters. The van der Waals surface area contributed by atoms with Gasteiger partial charge in [0.15, 0.2) is 11.5 Å². The van der Waals surface area contributed by atoms with Gasteiger partial charge in [0.1, 0.15) is 18.6 Å². The number of nitrogens with one attached hydrogen (secondary N) is 2. The zero-order valence-electron chi connectivity index (χ0n) is 15.0. The third kappa shape index (κ3) is 3.74. The van der Waals surface area contributed by atoms with Crippen molar-refractivity contribution in [2.24, 2.45) is 5.41 Å². The van der Waals surface area contributed by atoms with Crippen LogP contribution < -0.4 is 20.1 Å². The van der Waals surface area contributed by atoms with Crippen molar-refractivity contribution >= 4 is 17.5 Å². The summed E-state index contributed by atoms with van der Waals surface area (Å²) in [5.41, 5.74) is 0.806. The van der Waals surface area contributed by atoms with Crippen LogP contribution in [0.1, 0.15) is 18.4 Å². The molecule has 2 amide bonds. The van der Waals surface area contributed by atoms with Crippen LogP contribution >= 0.6 is 0 Å². The molecule has 2 aromatic rings. The molecule has 27 heavy (non-hydrogen) atoms. The number of rotatable bonds is 6. The molecule has 0 spiro atoms. The number of hydrogen-bond donors (Lipinski definition) is 2. The third-order valence-corrected chi connectivity index (χ3v) is 4.96. The van der Waals surface area contributed by atoms with Crippen molar-refractivity contribution in [3.63, 3.8) is 0 Å². The van der Waals surface area contributed by atoms with Crippen LogP contribution in [0.2, 0.25) is 0 Å². The van der Waals surface area contributed by atoms with Crippen molar-refractivity contribution in [3.05, 3.63) is 54.1 Å². The van der Waals surface area contributed by atoms with Gasteiger partial charge in [-0.3, -0.25) is 9.59 Å². The Morgan fingerprint density at radius 3 is 2.41 bits per heavy atom. The molecule has 1 saturated carbocycles. The summed E-state index contributed by atoms with van der Waals surface area (Å²) in [6.07, 6.45) is 1.88. The molecule has 2 N–H and O–H groups in total. The second kappa shape index (κ2) is 7.31. The van der Waals surface area contributed by atoms with Gasteiger partial charge in [0.05, 0.1) is 0 Å². The highest BCUT2D eigenvalue weighted by molar-refractivity contribution is 6.13. The van der Waals surface area contributed by atoms with Gasteiger partial charge in [-0.25, -0.2) is 0 Å². The van der Waals surface area contributed by atoms with Crippen LogP contribution in [0.3, 0.4) is 0 Å². The maximum absolute atomic E-state index is 12.7. The monoisotopic (exact) mass is 366 g/mol. The van der Waals surface area contributed by atoms with Gasteiger partial charge < -0.3 is 20.1 Å². The summed E-state index contributed by atoms with van der Waals surface area (Å²) < 4.78 is 11.0. The molecule has 1 aliphatic heterocycles. The molecule has 6 heteroatoms. The summed E-state index contributed by atoms with van der Waals surface area (Å²) >= 11 is 0. The number of hydrogen-bond acceptors (Lipinski definition) is 4. The first-order chi connectivity index (χ1) is 13.2. The Morgan fingerprint density at radius 1 is 0.926 bits per heavy atom. The lowest BCUT2D eigenvalue weighted by Crippen LogP contribution is -2.40. The molecular weight excluding hydrogens is 344 g/mol. The van der Waals surface area contributed by atoms with E-state index in [-0.39, 0.29) is 11.8 Å². The van der Waals surface area contributed by atoms with Crippen LogP contribution in [0.25, 0.3) is 0 Å². The molecule has 1 fully saturated rings. The summed E-state index contributed by atoms with van der Waals surface area (Å²) in [5.74, 6) is 0.806. The fourth-order valence-electron chi connectivity index (χ4n) is 3.19. The van der Waals surface area contributed by atoms with Gasteiger partial charge in [-0.15, -0.1) is 0 Å². The minimum atomic E-state index is -0.954. The molecular formula is C21H22N2O4. The van der Waals surface area contributed by atoms with Gasteiger partial charge in [0.2, 0.25) is 11.8 Å². The van der Waals surface area contributed by atoms with Crippen molar-refractivity contribution < 1.29 is 19.1 Å². The number of fused-ring (bicyclic) bond motifs is 1. The Hall–Kier alpha value is -3.02. The summed E-state index contributed by atoms with van der Waals surface area (Å²) in [5, 5.41) is 5.75. The molecule has 0 bridgehead atoms. The number of carbonyl (C=O) groups excluding carboxylic acids is 2. The Morgan fingerprint density at radius 2 is 1.67 bits per heavy atom. The summed E-state index contributed by atoms with van der Waals surface area (Å²) in [4.78, 5) is 25.3. The number of benzene rings is 2. The van der Waals surface area contributed by atoms with E-state index in [1.807, 2.05) is 30.3 Å². The van der Waals surface area contributed by atoms with Gasteiger partial charge >= 0.3 is 0 Å². The highest BCUT2D eigenvalue weighted by atomic mass is 16.6. The Kier molecular flexibility index (Phi) is 4.71. The first kappa shape index (κ1) is 17.4. The molecule has 6 nitrogen and oxygen atoms in total. The lowest BCUT2D eigenvalue weighted by atomic mass is 10.0.